The molecule has 0 unspecified atom stereocenters. The van der Waals surface area contributed by atoms with Crippen molar-refractivity contribution in [1.29, 1.82) is 0 Å². The van der Waals surface area contributed by atoms with Crippen molar-refractivity contribution in [2.45, 2.75) is 51.2 Å². The number of amides is 1. The second-order valence-electron chi connectivity index (χ2n) is 5.54. The van der Waals surface area contributed by atoms with Gasteiger partial charge in [-0.3, -0.25) is 4.79 Å². The van der Waals surface area contributed by atoms with Crippen molar-refractivity contribution in [3.05, 3.63) is 0 Å². The van der Waals surface area contributed by atoms with E-state index >= 15 is 0 Å². The van der Waals surface area contributed by atoms with Crippen LogP contribution in [0.1, 0.15) is 39.0 Å². The molecule has 0 bridgehead atoms. The number of piperidine rings is 1. The molecule has 0 aliphatic carbocycles. The molecule has 2 aliphatic rings. The van der Waals surface area contributed by atoms with Crippen LogP contribution in [0.25, 0.3) is 0 Å². The predicted octanol–water partition coefficient (Wildman–Crippen LogP) is 1.60. The van der Waals surface area contributed by atoms with Gasteiger partial charge in [-0.1, -0.05) is 0 Å². The Morgan fingerprint density at radius 1 is 1.25 bits per heavy atom. The largest absolute Gasteiger partial charge is 0.378 e. The summed E-state index contributed by atoms with van der Waals surface area (Å²) in [6.07, 6.45) is 5.77. The second kappa shape index (κ2) is 8.60. The maximum Gasteiger partial charge on any atom is 0.248 e. The number of rotatable bonds is 6. The highest BCUT2D eigenvalue weighted by atomic mass is 16.5. The molecule has 0 radical (unpaired) electrons. The standard InChI is InChI=1S/C15H27NO4/c1-2-19-13-6-8-16(9-7-13)15(17)12-18-11-14-5-3-4-10-20-14/h13-14H,2-12H2,1H3/t14-/m1/s1. The summed E-state index contributed by atoms with van der Waals surface area (Å²) in [4.78, 5) is 13.9. The lowest BCUT2D eigenvalue weighted by atomic mass is 10.1. The third-order valence-electron chi connectivity index (χ3n) is 4.00. The van der Waals surface area contributed by atoms with Gasteiger partial charge in [0.15, 0.2) is 0 Å². The molecule has 2 heterocycles. The molecule has 116 valence electrons. The van der Waals surface area contributed by atoms with Gasteiger partial charge in [0.05, 0.1) is 18.8 Å². The molecule has 2 fully saturated rings. The van der Waals surface area contributed by atoms with Gasteiger partial charge in [0.1, 0.15) is 6.61 Å². The van der Waals surface area contributed by atoms with Gasteiger partial charge in [0.2, 0.25) is 5.91 Å². The van der Waals surface area contributed by atoms with Crippen LogP contribution in [0.5, 0.6) is 0 Å². The molecule has 0 N–H and O–H groups in total. The molecule has 0 aromatic heterocycles. The van der Waals surface area contributed by atoms with E-state index in [0.29, 0.717) is 12.7 Å². The summed E-state index contributed by atoms with van der Waals surface area (Å²) in [5.41, 5.74) is 0. The van der Waals surface area contributed by atoms with Crippen LogP contribution in [0, 0.1) is 0 Å². The zero-order valence-corrected chi connectivity index (χ0v) is 12.5. The summed E-state index contributed by atoms with van der Waals surface area (Å²) in [6, 6.07) is 0. The maximum atomic E-state index is 12.0. The van der Waals surface area contributed by atoms with Crippen LogP contribution in [0.3, 0.4) is 0 Å². The SMILES string of the molecule is CCOC1CCN(C(=O)COC[C@H]2CCCCO2)CC1. The Balaban J connectivity index is 1.58. The maximum absolute atomic E-state index is 12.0. The molecule has 0 aromatic carbocycles. The van der Waals surface area contributed by atoms with Crippen molar-refractivity contribution < 1.29 is 19.0 Å². The number of ether oxygens (including phenoxy) is 3. The van der Waals surface area contributed by atoms with Gasteiger partial charge < -0.3 is 19.1 Å². The van der Waals surface area contributed by atoms with E-state index < -0.39 is 0 Å². The van der Waals surface area contributed by atoms with Crippen molar-refractivity contribution >= 4 is 5.91 Å². The van der Waals surface area contributed by atoms with Gasteiger partial charge in [-0.05, 0) is 39.0 Å². The van der Waals surface area contributed by atoms with E-state index in [2.05, 4.69) is 0 Å². The van der Waals surface area contributed by atoms with Gasteiger partial charge >= 0.3 is 0 Å². The Morgan fingerprint density at radius 3 is 2.70 bits per heavy atom. The fourth-order valence-corrected chi connectivity index (χ4v) is 2.82. The molecule has 20 heavy (non-hydrogen) atoms. The van der Waals surface area contributed by atoms with E-state index in [9.17, 15) is 4.79 Å². The molecular formula is C15H27NO4. The van der Waals surface area contributed by atoms with Crippen molar-refractivity contribution in [3.8, 4) is 0 Å². The van der Waals surface area contributed by atoms with E-state index in [0.717, 1.165) is 52.0 Å². The monoisotopic (exact) mass is 285 g/mol. The van der Waals surface area contributed by atoms with Crippen LogP contribution in [0.15, 0.2) is 0 Å². The summed E-state index contributed by atoms with van der Waals surface area (Å²) in [6.45, 7) is 5.88. The lowest BCUT2D eigenvalue weighted by molar-refractivity contribution is -0.140. The third-order valence-corrected chi connectivity index (χ3v) is 4.00. The molecule has 2 saturated heterocycles. The first-order valence-corrected chi connectivity index (χ1v) is 7.88. The number of carbonyl (C=O) groups excluding carboxylic acids is 1. The minimum absolute atomic E-state index is 0.0933. The van der Waals surface area contributed by atoms with Crippen LogP contribution < -0.4 is 0 Å². The van der Waals surface area contributed by atoms with Crippen molar-refractivity contribution in [3.63, 3.8) is 0 Å². The predicted molar refractivity (Wildman–Crippen MR) is 75.6 cm³/mol. The van der Waals surface area contributed by atoms with Crippen LogP contribution in [0.4, 0.5) is 0 Å². The highest BCUT2D eigenvalue weighted by Gasteiger charge is 2.23. The van der Waals surface area contributed by atoms with Gasteiger partial charge in [0, 0.05) is 26.3 Å². The number of hydrogen-bond donors (Lipinski definition) is 0. The minimum atomic E-state index is 0.0933. The first-order valence-electron chi connectivity index (χ1n) is 7.88. The van der Waals surface area contributed by atoms with E-state index in [4.69, 9.17) is 14.2 Å². The van der Waals surface area contributed by atoms with Gasteiger partial charge in [-0.2, -0.15) is 0 Å². The molecule has 0 aromatic rings. The lowest BCUT2D eigenvalue weighted by Crippen LogP contribution is -2.42. The van der Waals surface area contributed by atoms with Crippen LogP contribution in [-0.2, 0) is 19.0 Å². The smallest absolute Gasteiger partial charge is 0.248 e. The zero-order chi connectivity index (χ0) is 14.2. The Bertz CT molecular complexity index is 284. The van der Waals surface area contributed by atoms with E-state index in [1.807, 2.05) is 11.8 Å². The minimum Gasteiger partial charge on any atom is -0.378 e. The molecule has 2 rings (SSSR count). The highest BCUT2D eigenvalue weighted by molar-refractivity contribution is 5.77. The topological polar surface area (TPSA) is 48.0 Å². The summed E-state index contributed by atoms with van der Waals surface area (Å²) in [5.74, 6) is 0.0933. The number of hydrogen-bond acceptors (Lipinski definition) is 4. The number of likely N-dealkylation sites (tertiary alicyclic amines) is 1. The molecule has 0 saturated carbocycles. The average Bonchev–Trinajstić information content (AvgIpc) is 2.49. The molecule has 5 heteroatoms. The Kier molecular flexibility index (Phi) is 6.76. The van der Waals surface area contributed by atoms with Crippen molar-refractivity contribution in [2.24, 2.45) is 0 Å². The summed E-state index contributed by atoms with van der Waals surface area (Å²) >= 11 is 0. The number of carbonyl (C=O) groups is 1. The quantitative estimate of drug-likeness (QED) is 0.744. The van der Waals surface area contributed by atoms with E-state index in [-0.39, 0.29) is 18.6 Å². The van der Waals surface area contributed by atoms with Crippen LogP contribution in [0.2, 0.25) is 0 Å². The number of nitrogens with zero attached hydrogens (tertiary/aromatic N) is 1. The summed E-state index contributed by atoms with van der Waals surface area (Å²) < 4.78 is 16.7. The molecule has 0 spiro atoms. The van der Waals surface area contributed by atoms with Gasteiger partial charge in [0.25, 0.3) is 0 Å². The van der Waals surface area contributed by atoms with Crippen molar-refractivity contribution in [1.82, 2.24) is 4.90 Å². The van der Waals surface area contributed by atoms with Crippen LogP contribution >= 0.6 is 0 Å². The first kappa shape index (κ1) is 15.7. The highest BCUT2D eigenvalue weighted by Crippen LogP contribution is 2.15. The lowest BCUT2D eigenvalue weighted by Gasteiger charge is -2.32. The first-order chi connectivity index (χ1) is 9.79. The fraction of sp³-hybridized carbons (Fsp3) is 0.933. The Morgan fingerprint density at radius 2 is 2.05 bits per heavy atom. The molecule has 1 amide bonds. The summed E-state index contributed by atoms with van der Waals surface area (Å²) in [5, 5.41) is 0. The molecular weight excluding hydrogens is 258 g/mol. The Hall–Kier alpha value is -0.650. The van der Waals surface area contributed by atoms with Crippen LogP contribution in [-0.4, -0.2) is 62.5 Å². The summed E-state index contributed by atoms with van der Waals surface area (Å²) in [7, 11) is 0. The molecule has 2 aliphatic heterocycles. The second-order valence-corrected chi connectivity index (χ2v) is 5.54. The average molecular weight is 285 g/mol. The van der Waals surface area contributed by atoms with E-state index in [1.165, 1.54) is 6.42 Å². The normalized spacial score (nSPS) is 24.9. The fourth-order valence-electron chi connectivity index (χ4n) is 2.82. The van der Waals surface area contributed by atoms with E-state index in [1.54, 1.807) is 0 Å². The zero-order valence-electron chi connectivity index (χ0n) is 12.5. The third kappa shape index (κ3) is 5.04. The Labute approximate surface area is 121 Å². The van der Waals surface area contributed by atoms with Gasteiger partial charge in [-0.15, -0.1) is 0 Å². The molecule has 5 nitrogen and oxygen atoms in total. The van der Waals surface area contributed by atoms with Gasteiger partial charge in [-0.25, -0.2) is 0 Å². The van der Waals surface area contributed by atoms with Crippen molar-refractivity contribution in [2.75, 3.05) is 39.5 Å². The molecule has 1 atom stereocenters.